The van der Waals surface area contributed by atoms with E-state index in [1.165, 1.54) is 0 Å². The molecule has 6 heteroatoms. The van der Waals surface area contributed by atoms with Crippen LogP contribution in [0.15, 0.2) is 30.3 Å². The van der Waals surface area contributed by atoms with E-state index in [1.54, 1.807) is 24.3 Å². The molecule has 1 amide bonds. The minimum absolute atomic E-state index is 0.228. The van der Waals surface area contributed by atoms with Crippen molar-refractivity contribution < 1.29 is 4.79 Å². The van der Waals surface area contributed by atoms with Crippen LogP contribution in [-0.2, 0) is 6.42 Å². The molecule has 0 aliphatic rings. The second-order valence-corrected chi connectivity index (χ2v) is 5.00. The lowest BCUT2D eigenvalue weighted by molar-refractivity contribution is 0.102. The Kier molecular flexibility index (Phi) is 4.77. The molecule has 0 radical (unpaired) electrons. The number of halogens is 1. The molecule has 0 saturated carbocycles. The molecule has 0 spiro atoms. The zero-order valence-electron chi connectivity index (χ0n) is 11.9. The number of hydrogen-bond donors (Lipinski definition) is 3. The van der Waals surface area contributed by atoms with Crippen molar-refractivity contribution in [2.75, 3.05) is 10.7 Å². The average molecular weight is 305 g/mol. The van der Waals surface area contributed by atoms with Crippen LogP contribution in [0.3, 0.4) is 0 Å². The number of anilines is 2. The van der Waals surface area contributed by atoms with E-state index in [2.05, 4.69) is 15.7 Å². The van der Waals surface area contributed by atoms with Gasteiger partial charge in [-0.15, -0.1) is 0 Å². The van der Waals surface area contributed by atoms with E-state index in [1.807, 2.05) is 19.9 Å². The molecule has 2 rings (SSSR count). The highest BCUT2D eigenvalue weighted by Gasteiger charge is 2.11. The van der Waals surface area contributed by atoms with Gasteiger partial charge < -0.3 is 10.7 Å². The van der Waals surface area contributed by atoms with Crippen LogP contribution in [0.2, 0.25) is 5.02 Å². The topological polar surface area (TPSA) is 80.0 Å². The maximum Gasteiger partial charge on any atom is 0.255 e. The number of benzene rings is 1. The van der Waals surface area contributed by atoms with Gasteiger partial charge in [0.1, 0.15) is 5.82 Å². The van der Waals surface area contributed by atoms with Crippen molar-refractivity contribution in [3.63, 3.8) is 0 Å². The second kappa shape index (κ2) is 6.56. The maximum absolute atomic E-state index is 12.4. The highest BCUT2D eigenvalue weighted by molar-refractivity contribution is 6.31. The van der Waals surface area contributed by atoms with Crippen LogP contribution in [0.5, 0.6) is 0 Å². The van der Waals surface area contributed by atoms with Crippen LogP contribution in [0.25, 0.3) is 0 Å². The zero-order chi connectivity index (χ0) is 15.4. The normalized spacial score (nSPS) is 10.3. The first-order valence-electron chi connectivity index (χ1n) is 6.59. The molecule has 0 saturated heterocycles. The fourth-order valence-electron chi connectivity index (χ4n) is 1.91. The van der Waals surface area contributed by atoms with E-state index in [9.17, 15) is 4.79 Å². The second-order valence-electron chi connectivity index (χ2n) is 4.60. The standard InChI is InChI=1S/C15H17ClN4O/c1-3-11-7-10(8-14(18-11)20-17)15(21)19-13-6-4-5-12(16)9(13)2/h4-8H,3,17H2,1-2H3,(H,18,20)(H,19,21). The number of aryl methyl sites for hydroxylation is 1. The number of pyridine rings is 1. The number of nitrogens with zero attached hydrogens (tertiary/aromatic N) is 1. The van der Waals surface area contributed by atoms with Crippen LogP contribution < -0.4 is 16.6 Å². The molecule has 110 valence electrons. The molecule has 0 atom stereocenters. The predicted octanol–water partition coefficient (Wildman–Crippen LogP) is 3.14. The quantitative estimate of drug-likeness (QED) is 0.599. The number of aromatic nitrogens is 1. The molecule has 2 aromatic rings. The largest absolute Gasteiger partial charge is 0.322 e. The number of carbonyl (C=O) groups excluding carboxylic acids is 1. The molecule has 0 fully saturated rings. The fraction of sp³-hybridized carbons (Fsp3) is 0.200. The first kappa shape index (κ1) is 15.3. The van der Waals surface area contributed by atoms with Gasteiger partial charge in [-0.3, -0.25) is 4.79 Å². The van der Waals surface area contributed by atoms with Gasteiger partial charge in [0, 0.05) is 22.0 Å². The zero-order valence-corrected chi connectivity index (χ0v) is 12.7. The molecule has 0 bridgehead atoms. The van der Waals surface area contributed by atoms with E-state index in [-0.39, 0.29) is 5.91 Å². The summed E-state index contributed by atoms with van der Waals surface area (Å²) in [5.74, 6) is 5.61. The monoisotopic (exact) mass is 304 g/mol. The maximum atomic E-state index is 12.4. The van der Waals surface area contributed by atoms with Gasteiger partial charge in [-0.1, -0.05) is 24.6 Å². The van der Waals surface area contributed by atoms with Gasteiger partial charge in [0.15, 0.2) is 0 Å². The summed E-state index contributed by atoms with van der Waals surface area (Å²) in [6.07, 6.45) is 0.714. The summed E-state index contributed by atoms with van der Waals surface area (Å²) in [6.45, 7) is 3.82. The lowest BCUT2D eigenvalue weighted by Crippen LogP contribution is -2.16. The van der Waals surface area contributed by atoms with Crippen molar-refractivity contribution in [2.45, 2.75) is 20.3 Å². The third-order valence-electron chi connectivity index (χ3n) is 3.17. The van der Waals surface area contributed by atoms with Crippen molar-refractivity contribution in [3.05, 3.63) is 52.2 Å². The van der Waals surface area contributed by atoms with Crippen molar-refractivity contribution in [3.8, 4) is 0 Å². The third kappa shape index (κ3) is 3.51. The van der Waals surface area contributed by atoms with E-state index in [4.69, 9.17) is 17.4 Å². The van der Waals surface area contributed by atoms with E-state index in [0.717, 1.165) is 11.3 Å². The van der Waals surface area contributed by atoms with Gasteiger partial charge in [0.25, 0.3) is 5.91 Å². The third-order valence-corrected chi connectivity index (χ3v) is 3.58. The van der Waals surface area contributed by atoms with Crippen LogP contribution in [-0.4, -0.2) is 10.9 Å². The lowest BCUT2D eigenvalue weighted by atomic mass is 10.1. The number of rotatable bonds is 4. The average Bonchev–Trinajstić information content (AvgIpc) is 2.51. The predicted molar refractivity (Wildman–Crippen MR) is 85.6 cm³/mol. The molecule has 1 heterocycles. The number of amides is 1. The van der Waals surface area contributed by atoms with Crippen LogP contribution in [0.4, 0.5) is 11.5 Å². The molecule has 1 aromatic carbocycles. The molecule has 21 heavy (non-hydrogen) atoms. The van der Waals surface area contributed by atoms with Crippen LogP contribution >= 0.6 is 11.6 Å². The van der Waals surface area contributed by atoms with Crippen molar-refractivity contribution in [1.29, 1.82) is 0 Å². The van der Waals surface area contributed by atoms with Crippen LogP contribution in [0, 0.1) is 6.92 Å². The summed E-state index contributed by atoms with van der Waals surface area (Å²) in [6, 6.07) is 8.74. The molecule has 5 nitrogen and oxygen atoms in total. The van der Waals surface area contributed by atoms with Crippen molar-refractivity contribution >= 4 is 29.0 Å². The number of nitrogens with one attached hydrogen (secondary N) is 2. The Labute approximate surface area is 128 Å². The Morgan fingerprint density at radius 2 is 2.14 bits per heavy atom. The Balaban J connectivity index is 2.30. The SMILES string of the molecule is CCc1cc(C(=O)Nc2cccc(Cl)c2C)cc(NN)n1. The van der Waals surface area contributed by atoms with Gasteiger partial charge in [-0.25, -0.2) is 10.8 Å². The molecular weight excluding hydrogens is 288 g/mol. The van der Waals surface area contributed by atoms with E-state index < -0.39 is 0 Å². The number of nitrogen functional groups attached to an aromatic ring is 1. The number of carbonyl (C=O) groups is 1. The summed E-state index contributed by atoms with van der Waals surface area (Å²) in [4.78, 5) is 16.6. The van der Waals surface area contributed by atoms with Crippen LogP contribution in [0.1, 0.15) is 28.5 Å². The Morgan fingerprint density at radius 1 is 1.38 bits per heavy atom. The van der Waals surface area contributed by atoms with Crippen molar-refractivity contribution in [1.82, 2.24) is 4.98 Å². The molecule has 0 unspecified atom stereocenters. The van der Waals surface area contributed by atoms with Gasteiger partial charge in [0.2, 0.25) is 0 Å². The number of nitrogens with two attached hydrogens (primary N) is 1. The Bertz CT molecular complexity index is 650. The van der Waals surface area contributed by atoms with Gasteiger partial charge in [-0.2, -0.15) is 0 Å². The minimum Gasteiger partial charge on any atom is -0.322 e. The summed E-state index contributed by atoms with van der Waals surface area (Å²) in [7, 11) is 0. The summed E-state index contributed by atoms with van der Waals surface area (Å²) in [5, 5.41) is 3.46. The molecule has 1 aromatic heterocycles. The van der Waals surface area contributed by atoms with E-state index in [0.29, 0.717) is 28.5 Å². The molecule has 4 N–H and O–H groups in total. The van der Waals surface area contributed by atoms with Gasteiger partial charge in [0.05, 0.1) is 0 Å². The number of hydrogen-bond acceptors (Lipinski definition) is 4. The molecular formula is C15H17ClN4O. The summed E-state index contributed by atoms with van der Waals surface area (Å²) in [5.41, 5.74) is 5.27. The number of hydrazine groups is 1. The Hall–Kier alpha value is -2.11. The Morgan fingerprint density at radius 3 is 2.81 bits per heavy atom. The lowest BCUT2D eigenvalue weighted by Gasteiger charge is -2.11. The highest BCUT2D eigenvalue weighted by atomic mass is 35.5. The molecule has 0 aliphatic heterocycles. The van der Waals surface area contributed by atoms with Gasteiger partial charge >= 0.3 is 0 Å². The fourth-order valence-corrected chi connectivity index (χ4v) is 2.09. The minimum atomic E-state index is -0.228. The smallest absolute Gasteiger partial charge is 0.255 e. The first-order chi connectivity index (χ1) is 10.0. The summed E-state index contributed by atoms with van der Waals surface area (Å²) < 4.78 is 0. The first-order valence-corrected chi connectivity index (χ1v) is 6.97. The highest BCUT2D eigenvalue weighted by Crippen LogP contribution is 2.23. The van der Waals surface area contributed by atoms with E-state index >= 15 is 0 Å². The summed E-state index contributed by atoms with van der Waals surface area (Å²) >= 11 is 6.05. The van der Waals surface area contributed by atoms with Crippen molar-refractivity contribution in [2.24, 2.45) is 5.84 Å². The molecule has 0 aliphatic carbocycles. The van der Waals surface area contributed by atoms with Gasteiger partial charge in [-0.05, 0) is 43.2 Å².